The van der Waals surface area contributed by atoms with Crippen LogP contribution in [0.2, 0.25) is 0 Å². The first kappa shape index (κ1) is 15.2. The Balaban J connectivity index is 1.88. The second-order valence-electron chi connectivity index (χ2n) is 4.44. The number of anilines is 1. The van der Waals surface area contributed by atoms with Crippen LogP contribution in [0.1, 0.15) is 5.56 Å². The Bertz CT molecular complexity index is 702. The summed E-state index contributed by atoms with van der Waals surface area (Å²) in [6, 6.07) is 8.79. The van der Waals surface area contributed by atoms with Crippen molar-refractivity contribution in [3.8, 4) is 5.75 Å². The molecule has 0 spiro atoms. The summed E-state index contributed by atoms with van der Waals surface area (Å²) >= 11 is 0. The van der Waals surface area contributed by atoms with Crippen LogP contribution >= 0.6 is 0 Å². The highest BCUT2D eigenvalue weighted by atomic mass is 32.2. The number of rotatable bonds is 6. The van der Waals surface area contributed by atoms with Crippen LogP contribution in [0.3, 0.4) is 0 Å². The number of hydrogen-bond donors (Lipinski definition) is 1. The topological polar surface area (TPSA) is 68.3 Å². The van der Waals surface area contributed by atoms with Crippen LogP contribution in [0.25, 0.3) is 0 Å². The van der Waals surface area contributed by atoms with Crippen molar-refractivity contribution in [1.29, 1.82) is 0 Å². The first-order valence-corrected chi connectivity index (χ1v) is 7.91. The third-order valence-corrected chi connectivity index (χ3v) is 3.83. The van der Waals surface area contributed by atoms with Gasteiger partial charge in [-0.15, -0.1) is 0 Å². The molecular formula is C14H15FN2O3S. The summed E-state index contributed by atoms with van der Waals surface area (Å²) in [4.78, 5) is 3.93. The minimum Gasteiger partial charge on any atom is -0.492 e. The number of ether oxygens (including phenoxy) is 1. The molecule has 0 saturated carbocycles. The van der Waals surface area contributed by atoms with E-state index in [0.717, 1.165) is 5.56 Å². The summed E-state index contributed by atoms with van der Waals surface area (Å²) in [5.41, 5.74) is 0.908. The fraction of sp³-hybridized carbons (Fsp3) is 0.214. The molecule has 0 unspecified atom stereocenters. The minimum atomic E-state index is -3.54. The number of hydrogen-bond acceptors (Lipinski definition) is 4. The molecule has 7 heteroatoms. The molecule has 2 rings (SSSR count). The predicted octanol–water partition coefficient (Wildman–Crippen LogP) is 2.35. The molecule has 0 aliphatic rings. The Hall–Kier alpha value is -2.15. The summed E-state index contributed by atoms with van der Waals surface area (Å²) in [6.45, 7) is 1.81. The van der Waals surface area contributed by atoms with Gasteiger partial charge in [0.1, 0.15) is 29.7 Å². The Morgan fingerprint density at radius 1 is 1.24 bits per heavy atom. The molecule has 1 aromatic carbocycles. The number of nitrogens with zero attached hydrogens (tertiary/aromatic N) is 1. The van der Waals surface area contributed by atoms with E-state index in [1.54, 1.807) is 12.1 Å². The van der Waals surface area contributed by atoms with Crippen molar-refractivity contribution < 1.29 is 17.5 Å². The van der Waals surface area contributed by atoms with Gasteiger partial charge < -0.3 is 4.74 Å². The normalized spacial score (nSPS) is 11.1. The van der Waals surface area contributed by atoms with Crippen molar-refractivity contribution in [3.63, 3.8) is 0 Å². The highest BCUT2D eigenvalue weighted by molar-refractivity contribution is 7.92. The number of nitrogens with one attached hydrogen (secondary N) is 1. The number of halogens is 1. The summed E-state index contributed by atoms with van der Waals surface area (Å²) in [7, 11) is -3.54. The van der Waals surface area contributed by atoms with Crippen LogP contribution in [0.5, 0.6) is 5.75 Å². The average molecular weight is 310 g/mol. The molecule has 0 fully saturated rings. The van der Waals surface area contributed by atoms with Crippen molar-refractivity contribution in [2.45, 2.75) is 6.92 Å². The largest absolute Gasteiger partial charge is 0.492 e. The Morgan fingerprint density at radius 3 is 2.62 bits per heavy atom. The lowest BCUT2D eigenvalue weighted by molar-refractivity contribution is 0.340. The lowest BCUT2D eigenvalue weighted by atomic mass is 10.3. The van der Waals surface area contributed by atoms with E-state index in [0.29, 0.717) is 5.75 Å². The highest BCUT2D eigenvalue weighted by Gasteiger charge is 2.11. The standard InChI is InChI=1S/C14H15FN2O3S/c1-11-6-7-16-14(10-11)17-21(18,19)9-8-20-13-4-2-12(15)3-5-13/h2-7,10H,8-9H2,1H3,(H,16,17). The number of aryl methyl sites for hydroxylation is 1. The third kappa shape index (κ3) is 5.03. The molecule has 1 heterocycles. The molecule has 5 nitrogen and oxygen atoms in total. The zero-order valence-corrected chi connectivity index (χ0v) is 12.2. The van der Waals surface area contributed by atoms with Gasteiger partial charge in [0.2, 0.25) is 10.0 Å². The molecule has 1 N–H and O–H groups in total. The van der Waals surface area contributed by atoms with Crippen molar-refractivity contribution in [3.05, 3.63) is 54.0 Å². The van der Waals surface area contributed by atoms with Crippen LogP contribution in [-0.2, 0) is 10.0 Å². The zero-order chi connectivity index (χ0) is 15.3. The van der Waals surface area contributed by atoms with E-state index in [-0.39, 0.29) is 24.0 Å². The quantitative estimate of drug-likeness (QED) is 0.889. The van der Waals surface area contributed by atoms with E-state index in [1.807, 2.05) is 6.92 Å². The third-order valence-electron chi connectivity index (χ3n) is 2.61. The van der Waals surface area contributed by atoms with Crippen LogP contribution in [-0.4, -0.2) is 25.8 Å². The lowest BCUT2D eigenvalue weighted by Gasteiger charge is -2.09. The van der Waals surface area contributed by atoms with E-state index in [4.69, 9.17) is 4.74 Å². The van der Waals surface area contributed by atoms with Crippen molar-refractivity contribution in [2.75, 3.05) is 17.1 Å². The van der Waals surface area contributed by atoms with Gasteiger partial charge in [0.25, 0.3) is 0 Å². The average Bonchev–Trinajstić information content (AvgIpc) is 2.40. The second-order valence-corrected chi connectivity index (χ2v) is 6.28. The van der Waals surface area contributed by atoms with Crippen molar-refractivity contribution in [2.24, 2.45) is 0 Å². The van der Waals surface area contributed by atoms with Gasteiger partial charge in [0.15, 0.2) is 0 Å². The molecule has 0 atom stereocenters. The summed E-state index contributed by atoms with van der Waals surface area (Å²) in [5.74, 6) is 0.0965. The number of benzene rings is 1. The SMILES string of the molecule is Cc1ccnc(NS(=O)(=O)CCOc2ccc(F)cc2)c1. The monoisotopic (exact) mass is 310 g/mol. The van der Waals surface area contributed by atoms with Crippen LogP contribution in [0.15, 0.2) is 42.6 Å². The Morgan fingerprint density at radius 2 is 1.95 bits per heavy atom. The predicted molar refractivity (Wildman–Crippen MR) is 78.3 cm³/mol. The number of pyridine rings is 1. The highest BCUT2D eigenvalue weighted by Crippen LogP contribution is 2.12. The molecule has 2 aromatic rings. The zero-order valence-electron chi connectivity index (χ0n) is 11.4. The molecule has 1 aromatic heterocycles. The van der Waals surface area contributed by atoms with Gasteiger partial charge in [-0.2, -0.15) is 0 Å². The molecule has 0 amide bonds. The molecular weight excluding hydrogens is 295 g/mol. The van der Waals surface area contributed by atoms with E-state index >= 15 is 0 Å². The fourth-order valence-corrected chi connectivity index (χ4v) is 2.44. The summed E-state index contributed by atoms with van der Waals surface area (Å²) < 4.78 is 44.1. The van der Waals surface area contributed by atoms with Gasteiger partial charge in [-0.25, -0.2) is 17.8 Å². The van der Waals surface area contributed by atoms with Gasteiger partial charge in [-0.1, -0.05) is 0 Å². The molecule has 0 aliphatic heterocycles. The van der Waals surface area contributed by atoms with Crippen LogP contribution in [0, 0.1) is 12.7 Å². The Labute approximate surface area is 122 Å². The van der Waals surface area contributed by atoms with E-state index in [9.17, 15) is 12.8 Å². The first-order valence-electron chi connectivity index (χ1n) is 6.26. The minimum absolute atomic E-state index is 0.0349. The van der Waals surface area contributed by atoms with Gasteiger partial charge in [0.05, 0.1) is 0 Å². The maximum absolute atomic E-state index is 12.7. The fourth-order valence-electron chi connectivity index (χ4n) is 1.60. The number of sulfonamides is 1. The van der Waals surface area contributed by atoms with E-state index < -0.39 is 10.0 Å². The molecule has 0 bridgehead atoms. The Kier molecular flexibility index (Phi) is 4.74. The first-order chi connectivity index (χ1) is 9.94. The van der Waals surface area contributed by atoms with Gasteiger partial charge in [-0.05, 0) is 48.9 Å². The molecule has 21 heavy (non-hydrogen) atoms. The maximum Gasteiger partial charge on any atom is 0.237 e. The maximum atomic E-state index is 12.7. The molecule has 0 radical (unpaired) electrons. The molecule has 112 valence electrons. The smallest absolute Gasteiger partial charge is 0.237 e. The van der Waals surface area contributed by atoms with E-state index in [1.165, 1.54) is 30.5 Å². The molecule has 0 aliphatic carbocycles. The second kappa shape index (κ2) is 6.53. The van der Waals surface area contributed by atoms with E-state index in [2.05, 4.69) is 9.71 Å². The number of aromatic nitrogens is 1. The summed E-state index contributed by atoms with van der Waals surface area (Å²) in [6.07, 6.45) is 1.53. The van der Waals surface area contributed by atoms with Gasteiger partial charge >= 0.3 is 0 Å². The van der Waals surface area contributed by atoms with Crippen LogP contribution < -0.4 is 9.46 Å². The van der Waals surface area contributed by atoms with Crippen molar-refractivity contribution >= 4 is 15.8 Å². The van der Waals surface area contributed by atoms with Gasteiger partial charge in [0, 0.05) is 6.20 Å². The van der Waals surface area contributed by atoms with Crippen molar-refractivity contribution in [1.82, 2.24) is 4.98 Å². The lowest BCUT2D eigenvalue weighted by Crippen LogP contribution is -2.21. The molecule has 0 saturated heterocycles. The van der Waals surface area contributed by atoms with Crippen LogP contribution in [0.4, 0.5) is 10.2 Å². The van der Waals surface area contributed by atoms with Gasteiger partial charge in [-0.3, -0.25) is 4.72 Å². The summed E-state index contributed by atoms with van der Waals surface area (Å²) in [5, 5.41) is 0.